The lowest BCUT2D eigenvalue weighted by Gasteiger charge is -1.92. The molecule has 0 N–H and O–H groups in total. The fourth-order valence-electron chi connectivity index (χ4n) is 0.163. The molecule has 7 heavy (non-hydrogen) atoms. The third kappa shape index (κ3) is 3.82. The van der Waals surface area contributed by atoms with Crippen LogP contribution in [0.1, 0.15) is 13.3 Å². The van der Waals surface area contributed by atoms with E-state index in [9.17, 15) is 4.79 Å². The molecule has 0 bridgehead atoms. The Morgan fingerprint density at radius 3 is 2.71 bits per heavy atom. The van der Waals surface area contributed by atoms with E-state index in [-0.39, 0.29) is 5.97 Å². The fraction of sp³-hybridized carbons (Fsp3) is 0.667. The lowest BCUT2D eigenvalue weighted by molar-refractivity contribution is -0.133. The van der Waals surface area contributed by atoms with Crippen molar-refractivity contribution in [1.29, 1.82) is 0 Å². The number of carbonyl (C=O) groups excluding carboxylic acids is 1. The molecule has 4 heteroatoms. The van der Waals surface area contributed by atoms with Crippen molar-refractivity contribution in [3.8, 4) is 0 Å². The van der Waals surface area contributed by atoms with Crippen LogP contribution in [0, 0.1) is 0 Å². The molecule has 0 saturated heterocycles. The lowest BCUT2D eigenvalue weighted by Crippen LogP contribution is -2.01. The molecule has 0 unspecified atom stereocenters. The molecule has 0 atom stereocenters. The van der Waals surface area contributed by atoms with E-state index in [1.54, 1.807) is 6.92 Å². The van der Waals surface area contributed by atoms with Crippen molar-refractivity contribution in [3.05, 3.63) is 0 Å². The maximum atomic E-state index is 10.1. The minimum atomic E-state index is -1.02. The van der Waals surface area contributed by atoms with Gasteiger partial charge in [-0.05, 0) is 0 Å². The van der Waals surface area contributed by atoms with Crippen LogP contribution >= 0.6 is 11.1 Å². The highest BCUT2D eigenvalue weighted by atomic mass is 35.6. The Hall–Kier alpha value is -0.0231. The molecule has 0 rings (SSSR count). The van der Waals surface area contributed by atoms with E-state index in [0.29, 0.717) is 6.42 Å². The zero-order chi connectivity index (χ0) is 5.70. The summed E-state index contributed by atoms with van der Waals surface area (Å²) in [6.45, 7) is 1.74. The molecule has 0 amide bonds. The van der Waals surface area contributed by atoms with Gasteiger partial charge in [0.15, 0.2) is 0 Å². The third-order valence-electron chi connectivity index (χ3n) is 0.504. The van der Waals surface area contributed by atoms with Gasteiger partial charge in [-0.3, -0.25) is 4.79 Å². The molecule has 2 nitrogen and oxygen atoms in total. The van der Waals surface area contributed by atoms with E-state index >= 15 is 0 Å². The van der Waals surface area contributed by atoms with Gasteiger partial charge in [0.25, 0.3) is 5.97 Å². The van der Waals surface area contributed by atoms with Gasteiger partial charge < -0.3 is 4.43 Å². The van der Waals surface area contributed by atoms with E-state index in [1.807, 2.05) is 0 Å². The molecule has 0 radical (unpaired) electrons. The summed E-state index contributed by atoms with van der Waals surface area (Å²) in [5.74, 6) is -0.193. The molecular weight excluding hydrogens is 132 g/mol. The zero-order valence-corrected chi connectivity index (χ0v) is 6.28. The summed E-state index contributed by atoms with van der Waals surface area (Å²) in [6, 6.07) is 0. The molecular formula is C3H7ClO2Si. The second kappa shape index (κ2) is 4.14. The molecule has 0 aromatic rings. The average molecular weight is 139 g/mol. The van der Waals surface area contributed by atoms with Crippen molar-refractivity contribution >= 4 is 26.1 Å². The molecule has 0 saturated carbocycles. The van der Waals surface area contributed by atoms with Crippen molar-refractivity contribution in [3.63, 3.8) is 0 Å². The molecule has 0 heterocycles. The molecule has 42 valence electrons. The predicted molar refractivity (Wildman–Crippen MR) is 30.8 cm³/mol. The summed E-state index contributed by atoms with van der Waals surface area (Å²) < 4.78 is 4.46. The summed E-state index contributed by atoms with van der Waals surface area (Å²) in [5.41, 5.74) is 0. The largest absolute Gasteiger partial charge is 0.510 e. The Morgan fingerprint density at radius 1 is 2.00 bits per heavy atom. The van der Waals surface area contributed by atoms with Gasteiger partial charge in [0.1, 0.15) is 0 Å². The second-order valence-electron chi connectivity index (χ2n) is 0.979. The predicted octanol–water partition coefficient (Wildman–Crippen LogP) is 0.177. The number of carbonyl (C=O) groups is 1. The summed E-state index contributed by atoms with van der Waals surface area (Å²) in [5, 5.41) is 0. The van der Waals surface area contributed by atoms with Gasteiger partial charge >= 0.3 is 9.07 Å². The summed E-state index contributed by atoms with van der Waals surface area (Å²) in [7, 11) is -1.02. The van der Waals surface area contributed by atoms with Crippen molar-refractivity contribution in [2.24, 2.45) is 0 Å². The Morgan fingerprint density at radius 2 is 2.57 bits per heavy atom. The number of hydrogen-bond donors (Lipinski definition) is 0. The highest BCUT2D eigenvalue weighted by Gasteiger charge is 1.92. The second-order valence-corrected chi connectivity index (χ2v) is 2.14. The Bertz CT molecular complexity index is 66.0. The van der Waals surface area contributed by atoms with Crippen LogP contribution in [0.25, 0.3) is 0 Å². The zero-order valence-electron chi connectivity index (χ0n) is 4.11. The van der Waals surface area contributed by atoms with Crippen molar-refractivity contribution in [1.82, 2.24) is 0 Å². The van der Waals surface area contributed by atoms with Crippen LogP contribution in [-0.4, -0.2) is 15.0 Å². The van der Waals surface area contributed by atoms with Gasteiger partial charge in [-0.1, -0.05) is 6.92 Å². The molecule has 0 aliphatic rings. The van der Waals surface area contributed by atoms with Crippen molar-refractivity contribution in [2.75, 3.05) is 0 Å². The normalized spacial score (nSPS) is 10.0. The van der Waals surface area contributed by atoms with Crippen LogP contribution in [0.4, 0.5) is 0 Å². The molecule has 0 aromatic carbocycles. The molecule has 0 spiro atoms. The summed E-state index contributed by atoms with van der Waals surface area (Å²) in [6.07, 6.45) is 0.430. The number of halogens is 1. The summed E-state index contributed by atoms with van der Waals surface area (Å²) >= 11 is 5.17. The van der Waals surface area contributed by atoms with Gasteiger partial charge in [-0.25, -0.2) is 0 Å². The third-order valence-corrected chi connectivity index (χ3v) is 1.26. The van der Waals surface area contributed by atoms with Gasteiger partial charge in [-0.15, -0.1) is 11.1 Å². The first kappa shape index (κ1) is 6.98. The Labute approximate surface area is 49.5 Å². The van der Waals surface area contributed by atoms with Crippen LogP contribution in [0.15, 0.2) is 0 Å². The Balaban J connectivity index is 3.00. The fourth-order valence-corrected chi connectivity index (χ4v) is 0.854. The first-order chi connectivity index (χ1) is 3.31. The number of hydrogen-bond acceptors (Lipinski definition) is 2. The van der Waals surface area contributed by atoms with Crippen molar-refractivity contribution in [2.45, 2.75) is 13.3 Å². The van der Waals surface area contributed by atoms with Gasteiger partial charge in [-0.2, -0.15) is 0 Å². The minimum Gasteiger partial charge on any atom is -0.510 e. The highest BCUT2D eigenvalue weighted by molar-refractivity contribution is 6.90. The van der Waals surface area contributed by atoms with Crippen LogP contribution in [0.2, 0.25) is 0 Å². The number of rotatable bonds is 2. The highest BCUT2D eigenvalue weighted by Crippen LogP contribution is 1.82. The van der Waals surface area contributed by atoms with Gasteiger partial charge in [0, 0.05) is 6.42 Å². The molecule has 0 fully saturated rings. The van der Waals surface area contributed by atoms with E-state index in [4.69, 9.17) is 11.1 Å². The van der Waals surface area contributed by atoms with E-state index in [0.717, 1.165) is 0 Å². The minimum absolute atomic E-state index is 0.193. The average Bonchev–Trinajstić information content (AvgIpc) is 1.68. The maximum Gasteiger partial charge on any atom is 0.320 e. The molecule has 0 aromatic heterocycles. The van der Waals surface area contributed by atoms with E-state index < -0.39 is 9.07 Å². The van der Waals surface area contributed by atoms with E-state index in [2.05, 4.69) is 4.43 Å². The first-order valence-electron chi connectivity index (χ1n) is 2.02. The quantitative estimate of drug-likeness (QED) is 0.402. The van der Waals surface area contributed by atoms with Gasteiger partial charge in [0.2, 0.25) is 0 Å². The first-order valence-corrected chi connectivity index (χ1v) is 4.74. The van der Waals surface area contributed by atoms with Crippen LogP contribution in [-0.2, 0) is 9.22 Å². The Kier molecular flexibility index (Phi) is 4.13. The smallest absolute Gasteiger partial charge is 0.320 e. The van der Waals surface area contributed by atoms with Crippen LogP contribution < -0.4 is 0 Å². The summed E-state index contributed by atoms with van der Waals surface area (Å²) in [4.78, 5) is 10.1. The van der Waals surface area contributed by atoms with Crippen LogP contribution in [0.5, 0.6) is 0 Å². The monoisotopic (exact) mass is 138 g/mol. The topological polar surface area (TPSA) is 26.3 Å². The molecule has 0 aliphatic carbocycles. The van der Waals surface area contributed by atoms with Crippen LogP contribution in [0.3, 0.4) is 0 Å². The van der Waals surface area contributed by atoms with E-state index in [1.165, 1.54) is 0 Å². The lowest BCUT2D eigenvalue weighted by atomic mass is 10.5. The van der Waals surface area contributed by atoms with Gasteiger partial charge in [0.05, 0.1) is 0 Å². The standard InChI is InChI=1S/C3H7ClO2Si/c1-2-3(5)6-7-4/h2,7H2,1H3. The SMILES string of the molecule is CCC(=O)O[SiH2]Cl. The van der Waals surface area contributed by atoms with Crippen molar-refractivity contribution < 1.29 is 9.22 Å². The molecule has 0 aliphatic heterocycles. The maximum absolute atomic E-state index is 10.1.